The number of benzene rings is 1. The number of ether oxygens (including phenoxy) is 2. The molecule has 0 aliphatic heterocycles. The van der Waals surface area contributed by atoms with E-state index in [1.54, 1.807) is 6.07 Å². The number of carbonyl (C=O) groups is 1. The fourth-order valence-corrected chi connectivity index (χ4v) is 1.78. The maximum Gasteiger partial charge on any atom is 0.356 e. The Morgan fingerprint density at radius 2 is 1.81 bits per heavy atom. The molecule has 1 heterocycles. The van der Waals surface area contributed by atoms with Crippen molar-refractivity contribution in [1.82, 2.24) is 4.98 Å². The van der Waals surface area contributed by atoms with Crippen molar-refractivity contribution in [2.24, 2.45) is 0 Å². The number of esters is 1. The van der Waals surface area contributed by atoms with Crippen LogP contribution in [0.15, 0.2) is 36.4 Å². The molecule has 0 aliphatic carbocycles. The first kappa shape index (κ1) is 14.8. The first-order chi connectivity index (χ1) is 10.0. The van der Waals surface area contributed by atoms with E-state index in [0.717, 1.165) is 0 Å². The van der Waals surface area contributed by atoms with Crippen LogP contribution in [0.25, 0.3) is 0 Å². The smallest absolute Gasteiger partial charge is 0.356 e. The third kappa shape index (κ3) is 3.51. The number of carbonyl (C=O) groups excluding carboxylic acids is 1. The Labute approximate surface area is 123 Å². The number of methoxy groups -OCH3 is 1. The lowest BCUT2D eigenvalue weighted by molar-refractivity contribution is 0.0593. The summed E-state index contributed by atoms with van der Waals surface area (Å²) >= 11 is 0. The first-order valence-electron chi connectivity index (χ1n) is 6.64. The minimum absolute atomic E-state index is 0.153. The summed E-state index contributed by atoms with van der Waals surface area (Å²) in [5.41, 5.74) is 7.54. The highest BCUT2D eigenvalue weighted by Gasteiger charge is 2.12. The summed E-state index contributed by atoms with van der Waals surface area (Å²) in [6.45, 7) is 4.24. The van der Waals surface area contributed by atoms with Crippen LogP contribution in [0.2, 0.25) is 0 Å². The number of hydrogen-bond donors (Lipinski definition) is 1. The van der Waals surface area contributed by atoms with Crippen molar-refractivity contribution in [3.63, 3.8) is 0 Å². The molecule has 5 nitrogen and oxygen atoms in total. The van der Waals surface area contributed by atoms with Crippen molar-refractivity contribution in [3.05, 3.63) is 47.7 Å². The van der Waals surface area contributed by atoms with Crippen LogP contribution in [-0.2, 0) is 4.74 Å². The number of pyridine rings is 1. The number of nitrogens with zero attached hydrogens (tertiary/aromatic N) is 1. The highest BCUT2D eigenvalue weighted by Crippen LogP contribution is 2.27. The topological polar surface area (TPSA) is 74.4 Å². The van der Waals surface area contributed by atoms with Crippen LogP contribution < -0.4 is 10.5 Å². The summed E-state index contributed by atoms with van der Waals surface area (Å²) in [5.74, 6) is 0.718. The van der Waals surface area contributed by atoms with Gasteiger partial charge in [-0.15, -0.1) is 0 Å². The summed E-state index contributed by atoms with van der Waals surface area (Å²) in [6.07, 6.45) is 0. The van der Waals surface area contributed by atoms with Gasteiger partial charge in [-0.3, -0.25) is 0 Å². The molecule has 0 fully saturated rings. The molecule has 5 heteroatoms. The molecule has 2 N–H and O–H groups in total. The molecule has 0 amide bonds. The van der Waals surface area contributed by atoms with Crippen LogP contribution >= 0.6 is 0 Å². The van der Waals surface area contributed by atoms with Crippen molar-refractivity contribution < 1.29 is 14.3 Å². The van der Waals surface area contributed by atoms with Gasteiger partial charge >= 0.3 is 5.97 Å². The predicted molar refractivity (Wildman–Crippen MR) is 80.6 cm³/mol. The Bertz CT molecular complexity index is 636. The third-order valence-corrected chi connectivity index (χ3v) is 3.05. The number of anilines is 1. The Hall–Kier alpha value is -2.56. The van der Waals surface area contributed by atoms with Gasteiger partial charge in [0.05, 0.1) is 12.8 Å². The highest BCUT2D eigenvalue weighted by atomic mass is 16.5. The largest absolute Gasteiger partial charge is 0.464 e. The second-order valence-electron chi connectivity index (χ2n) is 4.91. The van der Waals surface area contributed by atoms with Crippen molar-refractivity contribution in [3.8, 4) is 11.6 Å². The molecule has 0 unspecified atom stereocenters. The Balaban J connectivity index is 2.24. The zero-order chi connectivity index (χ0) is 15.4. The van der Waals surface area contributed by atoms with Gasteiger partial charge in [-0.2, -0.15) is 0 Å². The van der Waals surface area contributed by atoms with Gasteiger partial charge in [-0.05, 0) is 35.7 Å². The number of aromatic nitrogens is 1. The van der Waals surface area contributed by atoms with E-state index in [-0.39, 0.29) is 11.6 Å². The Morgan fingerprint density at radius 1 is 1.14 bits per heavy atom. The molecule has 0 saturated heterocycles. The molecule has 0 atom stereocenters. The Kier molecular flexibility index (Phi) is 4.42. The minimum Gasteiger partial charge on any atom is -0.464 e. The second-order valence-corrected chi connectivity index (χ2v) is 4.91. The molecule has 21 heavy (non-hydrogen) atoms. The zero-order valence-corrected chi connectivity index (χ0v) is 12.3. The van der Waals surface area contributed by atoms with E-state index in [1.807, 2.05) is 24.3 Å². The maximum absolute atomic E-state index is 11.5. The van der Waals surface area contributed by atoms with Gasteiger partial charge in [0, 0.05) is 0 Å². The standard InChI is InChI=1S/C16H18N2O3/c1-10(2)11-4-6-12(7-5-11)21-15-13(17)8-9-14(18-15)16(19)20-3/h4-10H,17H2,1-3H3. The molecule has 0 bridgehead atoms. The Morgan fingerprint density at radius 3 is 2.38 bits per heavy atom. The van der Waals surface area contributed by atoms with E-state index < -0.39 is 5.97 Å². The van der Waals surface area contributed by atoms with Gasteiger partial charge in [0.25, 0.3) is 0 Å². The molecule has 0 spiro atoms. The average molecular weight is 286 g/mol. The highest BCUT2D eigenvalue weighted by molar-refractivity contribution is 5.87. The average Bonchev–Trinajstić information content (AvgIpc) is 2.49. The zero-order valence-electron chi connectivity index (χ0n) is 12.3. The monoisotopic (exact) mass is 286 g/mol. The van der Waals surface area contributed by atoms with Gasteiger partial charge in [-0.25, -0.2) is 9.78 Å². The van der Waals surface area contributed by atoms with Crippen molar-refractivity contribution in [2.75, 3.05) is 12.8 Å². The van der Waals surface area contributed by atoms with Gasteiger partial charge in [0.2, 0.25) is 5.88 Å². The van der Waals surface area contributed by atoms with E-state index in [9.17, 15) is 4.79 Å². The molecular formula is C16H18N2O3. The molecule has 1 aromatic carbocycles. The van der Waals surface area contributed by atoms with Crippen molar-refractivity contribution in [1.29, 1.82) is 0 Å². The molecule has 2 rings (SSSR count). The summed E-state index contributed by atoms with van der Waals surface area (Å²) in [7, 11) is 1.30. The molecule has 0 aliphatic rings. The van der Waals surface area contributed by atoms with E-state index in [1.165, 1.54) is 18.7 Å². The second kappa shape index (κ2) is 6.26. The first-order valence-corrected chi connectivity index (χ1v) is 6.64. The van der Waals surface area contributed by atoms with Crippen molar-refractivity contribution in [2.45, 2.75) is 19.8 Å². The van der Waals surface area contributed by atoms with Crippen LogP contribution in [0.1, 0.15) is 35.8 Å². The van der Waals surface area contributed by atoms with Gasteiger partial charge in [-0.1, -0.05) is 26.0 Å². The summed E-state index contributed by atoms with van der Waals surface area (Å²) < 4.78 is 10.3. The number of hydrogen-bond acceptors (Lipinski definition) is 5. The normalized spacial score (nSPS) is 10.5. The lowest BCUT2D eigenvalue weighted by Crippen LogP contribution is -2.06. The SMILES string of the molecule is COC(=O)c1ccc(N)c(Oc2ccc(C(C)C)cc2)n1. The molecule has 110 valence electrons. The van der Waals surface area contributed by atoms with Gasteiger partial charge in [0.15, 0.2) is 5.69 Å². The minimum atomic E-state index is -0.532. The molecule has 2 aromatic rings. The molecule has 0 saturated carbocycles. The summed E-state index contributed by atoms with van der Waals surface area (Å²) in [6, 6.07) is 10.7. The van der Waals surface area contributed by atoms with Crippen LogP contribution in [0.5, 0.6) is 11.6 Å². The van der Waals surface area contributed by atoms with Crippen molar-refractivity contribution >= 4 is 11.7 Å². The van der Waals surface area contributed by atoms with E-state index in [2.05, 4.69) is 23.6 Å². The number of nitrogen functional groups attached to an aromatic ring is 1. The predicted octanol–water partition coefficient (Wildman–Crippen LogP) is 3.37. The summed E-state index contributed by atoms with van der Waals surface area (Å²) in [4.78, 5) is 15.5. The van der Waals surface area contributed by atoms with E-state index >= 15 is 0 Å². The maximum atomic E-state index is 11.5. The molecule has 1 aromatic heterocycles. The third-order valence-electron chi connectivity index (χ3n) is 3.05. The van der Waals surface area contributed by atoms with Crippen LogP contribution in [0.3, 0.4) is 0 Å². The van der Waals surface area contributed by atoms with E-state index in [0.29, 0.717) is 17.4 Å². The lowest BCUT2D eigenvalue weighted by atomic mass is 10.0. The quantitative estimate of drug-likeness (QED) is 0.872. The van der Waals surface area contributed by atoms with Crippen LogP contribution in [0.4, 0.5) is 5.69 Å². The number of nitrogens with two attached hydrogens (primary N) is 1. The fourth-order valence-electron chi connectivity index (χ4n) is 1.78. The molecular weight excluding hydrogens is 268 g/mol. The van der Waals surface area contributed by atoms with Crippen LogP contribution in [-0.4, -0.2) is 18.1 Å². The molecule has 0 radical (unpaired) electrons. The fraction of sp³-hybridized carbons (Fsp3) is 0.250. The summed E-state index contributed by atoms with van der Waals surface area (Å²) in [5, 5.41) is 0. The van der Waals surface area contributed by atoms with E-state index in [4.69, 9.17) is 10.5 Å². The van der Waals surface area contributed by atoms with Crippen LogP contribution in [0, 0.1) is 0 Å². The lowest BCUT2D eigenvalue weighted by Gasteiger charge is -2.10. The van der Waals surface area contributed by atoms with Gasteiger partial charge in [0.1, 0.15) is 5.75 Å². The number of rotatable bonds is 4. The van der Waals surface area contributed by atoms with Gasteiger partial charge < -0.3 is 15.2 Å².